The average molecular weight is 287 g/mol. The van der Waals surface area contributed by atoms with E-state index in [4.69, 9.17) is 0 Å². The summed E-state index contributed by atoms with van der Waals surface area (Å²) < 4.78 is 0. The first-order valence-electron chi connectivity index (χ1n) is 7.38. The zero-order chi connectivity index (χ0) is 14.8. The van der Waals surface area contributed by atoms with E-state index in [1.165, 1.54) is 5.57 Å². The van der Waals surface area contributed by atoms with Gasteiger partial charge in [0, 0.05) is 50.5 Å². The molecule has 0 bridgehead atoms. The number of benzene rings is 1. The Morgan fingerprint density at radius 2 is 1.71 bits per heavy atom. The number of phenols is 1. The molecule has 21 heavy (non-hydrogen) atoms. The van der Waals surface area contributed by atoms with Crippen molar-refractivity contribution in [1.29, 1.82) is 0 Å². The van der Waals surface area contributed by atoms with Gasteiger partial charge in [-0.2, -0.15) is 0 Å². The first-order chi connectivity index (χ1) is 10.1. The van der Waals surface area contributed by atoms with E-state index in [1.807, 2.05) is 24.0 Å². The van der Waals surface area contributed by atoms with Crippen LogP contribution in [0.4, 0.5) is 5.69 Å². The van der Waals surface area contributed by atoms with Gasteiger partial charge in [0.25, 0.3) is 0 Å². The second-order valence-electron chi connectivity index (χ2n) is 5.63. The first kappa shape index (κ1) is 13.9. The number of amides is 1. The number of hydrogen-bond donors (Lipinski definition) is 2. The van der Waals surface area contributed by atoms with Crippen molar-refractivity contribution in [2.75, 3.05) is 44.2 Å². The minimum Gasteiger partial charge on any atom is -0.508 e. The number of anilines is 1. The lowest BCUT2D eigenvalue weighted by Gasteiger charge is -2.37. The summed E-state index contributed by atoms with van der Waals surface area (Å²) in [6.07, 6.45) is 0. The van der Waals surface area contributed by atoms with Gasteiger partial charge in [-0.25, -0.2) is 0 Å². The zero-order valence-corrected chi connectivity index (χ0v) is 12.3. The Balaban J connectivity index is 1.60. The molecule has 2 heterocycles. The Hall–Kier alpha value is -2.01. The summed E-state index contributed by atoms with van der Waals surface area (Å²) in [5, 5.41) is 12.5. The summed E-state index contributed by atoms with van der Waals surface area (Å²) in [6.45, 7) is 6.80. The van der Waals surface area contributed by atoms with Crippen LogP contribution in [0.2, 0.25) is 0 Å². The highest BCUT2D eigenvalue weighted by atomic mass is 16.3. The fourth-order valence-electron chi connectivity index (χ4n) is 2.73. The van der Waals surface area contributed by atoms with Gasteiger partial charge in [-0.05, 0) is 36.8 Å². The van der Waals surface area contributed by atoms with Crippen molar-refractivity contribution in [3.05, 3.63) is 35.4 Å². The quantitative estimate of drug-likeness (QED) is 0.796. The lowest BCUT2D eigenvalue weighted by molar-refractivity contribution is -0.127. The van der Waals surface area contributed by atoms with Crippen LogP contribution in [0.25, 0.3) is 0 Å². The lowest BCUT2D eigenvalue weighted by Crippen LogP contribution is -2.49. The molecule has 1 aromatic rings. The molecule has 0 radical (unpaired) electrons. The minimum absolute atomic E-state index is 0.178. The maximum Gasteiger partial charge on any atom is 0.249 e. The lowest BCUT2D eigenvalue weighted by atomic mass is 10.0. The molecular weight excluding hydrogens is 266 g/mol. The van der Waals surface area contributed by atoms with Crippen LogP contribution in [0.1, 0.15) is 6.92 Å². The Bertz CT molecular complexity index is 551. The van der Waals surface area contributed by atoms with Crippen molar-refractivity contribution >= 4 is 11.6 Å². The number of phenolic OH excluding ortho intramolecular Hbond substituents is 1. The van der Waals surface area contributed by atoms with Gasteiger partial charge in [0.05, 0.1) is 0 Å². The Morgan fingerprint density at radius 3 is 2.24 bits per heavy atom. The molecule has 5 heteroatoms. The Labute approximate surface area is 124 Å². The molecule has 5 nitrogen and oxygen atoms in total. The molecule has 1 aromatic carbocycles. The van der Waals surface area contributed by atoms with Crippen LogP contribution in [0.5, 0.6) is 5.75 Å². The van der Waals surface area contributed by atoms with E-state index in [2.05, 4.69) is 10.2 Å². The van der Waals surface area contributed by atoms with Crippen LogP contribution in [-0.4, -0.2) is 55.2 Å². The van der Waals surface area contributed by atoms with Gasteiger partial charge in [0.1, 0.15) is 5.75 Å². The third kappa shape index (κ3) is 2.88. The molecule has 0 unspecified atom stereocenters. The van der Waals surface area contributed by atoms with Crippen LogP contribution >= 0.6 is 0 Å². The highest BCUT2D eigenvalue weighted by Gasteiger charge is 2.24. The monoisotopic (exact) mass is 287 g/mol. The summed E-state index contributed by atoms with van der Waals surface area (Å²) in [5.41, 5.74) is 3.24. The highest BCUT2D eigenvalue weighted by Crippen LogP contribution is 2.20. The molecule has 112 valence electrons. The van der Waals surface area contributed by atoms with E-state index in [9.17, 15) is 9.90 Å². The molecule has 0 atom stereocenters. The third-order valence-corrected chi connectivity index (χ3v) is 4.31. The third-order valence-electron chi connectivity index (χ3n) is 4.31. The number of nitrogens with zero attached hydrogens (tertiary/aromatic N) is 2. The van der Waals surface area contributed by atoms with Gasteiger partial charge in [0.15, 0.2) is 0 Å². The van der Waals surface area contributed by atoms with Crippen molar-refractivity contribution in [1.82, 2.24) is 10.2 Å². The molecule has 3 rings (SSSR count). The normalized spacial score (nSPS) is 18.4. The van der Waals surface area contributed by atoms with Crippen LogP contribution in [-0.2, 0) is 4.79 Å². The number of aromatic hydroxyl groups is 1. The number of hydrogen-bond acceptors (Lipinski definition) is 4. The number of carbonyl (C=O) groups is 1. The molecule has 2 fully saturated rings. The summed E-state index contributed by atoms with van der Waals surface area (Å²) in [6, 6.07) is 7.23. The predicted octanol–water partition coefficient (Wildman–Crippen LogP) is 0.960. The largest absolute Gasteiger partial charge is 0.508 e. The molecule has 2 aliphatic heterocycles. The fraction of sp³-hybridized carbons (Fsp3) is 0.438. The predicted molar refractivity (Wildman–Crippen MR) is 82.5 cm³/mol. The maximum absolute atomic E-state index is 12.4. The fourth-order valence-corrected chi connectivity index (χ4v) is 2.73. The molecule has 0 spiro atoms. The van der Waals surface area contributed by atoms with Crippen LogP contribution in [0, 0.1) is 0 Å². The van der Waals surface area contributed by atoms with Gasteiger partial charge in [-0.15, -0.1) is 0 Å². The molecule has 2 saturated heterocycles. The van der Waals surface area contributed by atoms with Crippen LogP contribution in [0.3, 0.4) is 0 Å². The van der Waals surface area contributed by atoms with E-state index in [1.54, 1.807) is 12.1 Å². The SMILES string of the molecule is CC(C(=O)N1CCN(c2ccc(O)cc2)CC1)=C1CNC1. The second kappa shape index (κ2) is 5.77. The molecule has 0 aromatic heterocycles. The molecular formula is C16H21N3O2. The number of rotatable bonds is 2. The van der Waals surface area contributed by atoms with E-state index >= 15 is 0 Å². The van der Waals surface area contributed by atoms with Gasteiger partial charge < -0.3 is 20.2 Å². The van der Waals surface area contributed by atoms with Crippen molar-refractivity contribution in [2.24, 2.45) is 0 Å². The van der Waals surface area contributed by atoms with E-state index in [0.717, 1.165) is 50.5 Å². The Kier molecular flexibility index (Phi) is 3.84. The number of piperazine rings is 1. The summed E-state index contributed by atoms with van der Waals surface area (Å²) in [5.74, 6) is 0.459. The molecule has 1 amide bonds. The van der Waals surface area contributed by atoms with Crippen molar-refractivity contribution < 1.29 is 9.90 Å². The topological polar surface area (TPSA) is 55.8 Å². The van der Waals surface area contributed by atoms with Crippen LogP contribution < -0.4 is 10.2 Å². The maximum atomic E-state index is 12.4. The summed E-state index contributed by atoms with van der Waals surface area (Å²) in [4.78, 5) is 16.6. The zero-order valence-electron chi connectivity index (χ0n) is 12.3. The Morgan fingerprint density at radius 1 is 1.10 bits per heavy atom. The summed E-state index contributed by atoms with van der Waals surface area (Å²) in [7, 11) is 0. The molecule has 0 aliphatic carbocycles. The van der Waals surface area contributed by atoms with Crippen molar-refractivity contribution in [3.8, 4) is 5.75 Å². The average Bonchev–Trinajstić information content (AvgIpc) is 2.46. The van der Waals surface area contributed by atoms with Gasteiger partial charge in [-0.1, -0.05) is 0 Å². The van der Waals surface area contributed by atoms with Crippen LogP contribution in [0.15, 0.2) is 35.4 Å². The molecule has 2 aliphatic rings. The van der Waals surface area contributed by atoms with Crippen molar-refractivity contribution in [2.45, 2.75) is 6.92 Å². The number of carbonyl (C=O) groups excluding carboxylic acids is 1. The summed E-state index contributed by atoms with van der Waals surface area (Å²) >= 11 is 0. The minimum atomic E-state index is 0.178. The second-order valence-corrected chi connectivity index (χ2v) is 5.63. The van der Waals surface area contributed by atoms with Gasteiger partial charge in [-0.3, -0.25) is 4.79 Å². The van der Waals surface area contributed by atoms with Gasteiger partial charge >= 0.3 is 0 Å². The highest BCUT2D eigenvalue weighted by molar-refractivity contribution is 5.94. The van der Waals surface area contributed by atoms with Crippen molar-refractivity contribution in [3.63, 3.8) is 0 Å². The molecule has 2 N–H and O–H groups in total. The first-order valence-corrected chi connectivity index (χ1v) is 7.38. The van der Waals surface area contributed by atoms with E-state index < -0.39 is 0 Å². The van der Waals surface area contributed by atoms with E-state index in [0.29, 0.717) is 0 Å². The number of nitrogens with one attached hydrogen (secondary N) is 1. The standard InChI is InChI=1S/C16H21N3O2/c1-12(13-10-17-11-13)16(21)19-8-6-18(7-9-19)14-2-4-15(20)5-3-14/h2-5,17,20H,6-11H2,1H3. The smallest absolute Gasteiger partial charge is 0.249 e. The molecule has 0 saturated carbocycles. The van der Waals surface area contributed by atoms with Gasteiger partial charge in [0.2, 0.25) is 5.91 Å². The van der Waals surface area contributed by atoms with E-state index in [-0.39, 0.29) is 11.7 Å².